The number of pyridine rings is 1. The first kappa shape index (κ1) is 42.3. The van der Waals surface area contributed by atoms with Gasteiger partial charge in [-0.25, -0.2) is 4.98 Å². The SMILES string of the molecule is C[C@@H]1CN(CCOC2CCC(N3C(=S)N(c4cnc(C#N)c(C(F)(F)F)c4)C(=O)C3(C)C)CC2)C[C@H](C)N1CC(=O)Cc1cccc(C[C@@H]2CCC(=O)NC2=O)c1. The van der Waals surface area contributed by atoms with Crippen molar-refractivity contribution in [2.75, 3.05) is 37.7 Å². The van der Waals surface area contributed by atoms with E-state index in [1.807, 2.05) is 29.2 Å². The van der Waals surface area contributed by atoms with Gasteiger partial charge in [-0.3, -0.25) is 39.2 Å². The van der Waals surface area contributed by atoms with E-state index in [0.717, 1.165) is 60.8 Å². The van der Waals surface area contributed by atoms with E-state index in [1.165, 1.54) is 6.07 Å². The second-order valence-electron chi connectivity index (χ2n) is 16.4. The first-order chi connectivity index (χ1) is 27.0. The number of carbonyl (C=O) groups excluding carboxylic acids is 4. The lowest BCUT2D eigenvalue weighted by atomic mass is 9.89. The Morgan fingerprint density at radius 1 is 1.05 bits per heavy atom. The van der Waals surface area contributed by atoms with Crippen LogP contribution in [0.2, 0.25) is 0 Å². The first-order valence-corrected chi connectivity index (χ1v) is 20.0. The lowest BCUT2D eigenvalue weighted by Crippen LogP contribution is -2.58. The number of anilines is 1. The molecule has 0 unspecified atom stereocenters. The number of ether oxygens (including phenoxy) is 1. The van der Waals surface area contributed by atoms with Gasteiger partial charge in [0.25, 0.3) is 5.91 Å². The van der Waals surface area contributed by atoms with Gasteiger partial charge in [-0.1, -0.05) is 24.3 Å². The van der Waals surface area contributed by atoms with E-state index in [-0.39, 0.29) is 58.5 Å². The fourth-order valence-corrected chi connectivity index (χ4v) is 9.45. The molecule has 1 aromatic carbocycles. The van der Waals surface area contributed by atoms with E-state index in [9.17, 15) is 32.3 Å². The zero-order valence-corrected chi connectivity index (χ0v) is 33.6. The molecule has 4 aliphatic rings. The van der Waals surface area contributed by atoms with Gasteiger partial charge in [0, 0.05) is 56.5 Å². The Morgan fingerprint density at radius 2 is 1.74 bits per heavy atom. The van der Waals surface area contributed by atoms with Crippen molar-refractivity contribution in [1.29, 1.82) is 5.26 Å². The first-order valence-electron chi connectivity index (χ1n) is 19.6. The van der Waals surface area contributed by atoms with Crippen LogP contribution in [0.25, 0.3) is 0 Å². The molecule has 57 heavy (non-hydrogen) atoms. The number of carbonyl (C=O) groups is 4. The Kier molecular flexibility index (Phi) is 12.8. The highest BCUT2D eigenvalue weighted by atomic mass is 32.1. The summed E-state index contributed by atoms with van der Waals surface area (Å²) in [5.41, 5.74) is -1.29. The van der Waals surface area contributed by atoms with Gasteiger partial charge in [-0.15, -0.1) is 0 Å². The summed E-state index contributed by atoms with van der Waals surface area (Å²) in [4.78, 5) is 61.8. The third-order valence-electron chi connectivity index (χ3n) is 11.8. The number of benzene rings is 1. The van der Waals surface area contributed by atoms with Gasteiger partial charge >= 0.3 is 6.18 Å². The number of alkyl halides is 3. The van der Waals surface area contributed by atoms with Crippen LogP contribution in [0.1, 0.15) is 88.6 Å². The molecule has 3 saturated heterocycles. The molecule has 306 valence electrons. The number of nitriles is 1. The minimum atomic E-state index is -4.82. The Morgan fingerprint density at radius 3 is 2.39 bits per heavy atom. The summed E-state index contributed by atoms with van der Waals surface area (Å²) in [5, 5.41) is 11.7. The van der Waals surface area contributed by atoms with Crippen molar-refractivity contribution in [3.8, 4) is 6.07 Å². The lowest BCUT2D eigenvalue weighted by molar-refractivity contribution is -0.138. The zero-order chi connectivity index (χ0) is 41.2. The molecule has 16 heteroatoms. The van der Waals surface area contributed by atoms with Crippen LogP contribution in [0.15, 0.2) is 36.5 Å². The average Bonchev–Trinajstić information content (AvgIpc) is 3.32. The minimum absolute atomic E-state index is 0.0284. The highest BCUT2D eigenvalue weighted by molar-refractivity contribution is 7.80. The molecular formula is C41H50F3N7O5S. The number of amides is 3. The van der Waals surface area contributed by atoms with Gasteiger partial charge in [0.1, 0.15) is 11.6 Å². The second kappa shape index (κ2) is 17.3. The number of ketones is 1. The summed E-state index contributed by atoms with van der Waals surface area (Å²) in [7, 11) is 0. The standard InChI is InChI=1S/C41H50F3N7O5S/c1-25-22-48(23-26(2)49(25)24-32(52)18-28-7-5-6-27(16-28)17-29-8-13-36(53)47-37(29)54)14-15-56-33-11-9-30(10-12-33)51-39(57)50(38(55)40(51,3)4)31-19-34(41(42,43)44)35(20-45)46-21-31/h5-7,16,19,21,25-26,29-30,33H,8-15,17-18,22-24H2,1-4H3,(H,47,53,54)/t25-,26+,29-,30?,33?/m0/s1. The molecular weight excluding hydrogens is 760 g/mol. The minimum Gasteiger partial charge on any atom is -0.377 e. The molecule has 3 amide bonds. The third-order valence-corrected chi connectivity index (χ3v) is 12.2. The molecule has 1 aromatic heterocycles. The average molecular weight is 810 g/mol. The molecule has 0 bridgehead atoms. The summed E-state index contributed by atoms with van der Waals surface area (Å²) in [6.45, 7) is 11.0. The number of aromatic nitrogens is 1. The van der Waals surface area contributed by atoms with Crippen LogP contribution < -0.4 is 10.2 Å². The van der Waals surface area contributed by atoms with E-state index < -0.39 is 28.9 Å². The summed E-state index contributed by atoms with van der Waals surface area (Å²) < 4.78 is 47.4. The van der Waals surface area contributed by atoms with Crippen molar-refractivity contribution in [1.82, 2.24) is 25.0 Å². The smallest absolute Gasteiger partial charge is 0.377 e. The van der Waals surface area contributed by atoms with Crippen LogP contribution in [0.3, 0.4) is 0 Å². The fourth-order valence-electron chi connectivity index (χ4n) is 8.88. The maximum Gasteiger partial charge on any atom is 0.419 e. The number of halogens is 3. The van der Waals surface area contributed by atoms with E-state index in [2.05, 4.69) is 33.9 Å². The van der Waals surface area contributed by atoms with Crippen molar-refractivity contribution >= 4 is 46.5 Å². The molecule has 0 radical (unpaired) electrons. The number of nitrogens with one attached hydrogen (secondary N) is 1. The predicted molar refractivity (Wildman–Crippen MR) is 209 cm³/mol. The Hall–Kier alpha value is -4.30. The summed E-state index contributed by atoms with van der Waals surface area (Å²) in [6.07, 6.45) is 0.890. The zero-order valence-electron chi connectivity index (χ0n) is 32.8. The van der Waals surface area contributed by atoms with Crippen LogP contribution in [0.5, 0.6) is 0 Å². The van der Waals surface area contributed by atoms with Crippen LogP contribution in [-0.4, -0.2) is 111 Å². The molecule has 6 rings (SSSR count). The number of hydrogen-bond acceptors (Lipinski definition) is 10. The third kappa shape index (κ3) is 9.54. The molecule has 3 atom stereocenters. The molecule has 1 N–H and O–H groups in total. The molecule has 0 spiro atoms. The quantitative estimate of drug-likeness (QED) is 0.234. The molecule has 1 aliphatic carbocycles. The number of imide groups is 1. The van der Waals surface area contributed by atoms with Crippen LogP contribution in [0.4, 0.5) is 18.9 Å². The van der Waals surface area contributed by atoms with Gasteiger partial charge in [-0.2, -0.15) is 18.4 Å². The largest absolute Gasteiger partial charge is 0.419 e. The van der Waals surface area contributed by atoms with Gasteiger partial charge < -0.3 is 9.64 Å². The van der Waals surface area contributed by atoms with Crippen molar-refractivity contribution in [3.63, 3.8) is 0 Å². The van der Waals surface area contributed by atoms with Gasteiger partial charge in [0.15, 0.2) is 16.6 Å². The molecule has 4 heterocycles. The summed E-state index contributed by atoms with van der Waals surface area (Å²) >= 11 is 5.71. The van der Waals surface area contributed by atoms with Gasteiger partial charge in [0.05, 0.1) is 36.7 Å². The number of rotatable bonds is 12. The monoisotopic (exact) mass is 809 g/mol. The predicted octanol–water partition coefficient (Wildman–Crippen LogP) is 4.81. The maximum atomic E-state index is 13.7. The van der Waals surface area contributed by atoms with Gasteiger partial charge in [-0.05, 0) is 95.6 Å². The van der Waals surface area contributed by atoms with Crippen LogP contribution in [0, 0.1) is 17.2 Å². The van der Waals surface area contributed by atoms with E-state index in [0.29, 0.717) is 51.7 Å². The molecule has 1 saturated carbocycles. The topological polar surface area (TPSA) is 139 Å². The highest BCUT2D eigenvalue weighted by Gasteiger charge is 2.53. The van der Waals surface area contributed by atoms with Crippen molar-refractivity contribution in [2.24, 2.45) is 5.92 Å². The van der Waals surface area contributed by atoms with Crippen LogP contribution in [-0.2, 0) is 42.9 Å². The maximum absolute atomic E-state index is 13.7. The molecule has 2 aromatic rings. The van der Waals surface area contributed by atoms with Crippen molar-refractivity contribution in [2.45, 2.75) is 115 Å². The molecule has 3 aliphatic heterocycles. The number of nitrogens with zero attached hydrogens (tertiary/aromatic N) is 6. The number of Topliss-reactive ketones (excluding diaryl/α,β-unsaturated/α-hetero) is 1. The van der Waals surface area contributed by atoms with E-state index in [1.54, 1.807) is 13.8 Å². The van der Waals surface area contributed by atoms with Crippen molar-refractivity contribution < 1.29 is 37.1 Å². The van der Waals surface area contributed by atoms with Gasteiger partial charge in [0.2, 0.25) is 11.8 Å². The van der Waals surface area contributed by atoms with E-state index >= 15 is 0 Å². The second-order valence-corrected chi connectivity index (χ2v) is 16.7. The highest BCUT2D eigenvalue weighted by Crippen LogP contribution is 2.40. The van der Waals surface area contributed by atoms with E-state index in [4.69, 9.17) is 22.2 Å². The molecule has 4 fully saturated rings. The fraction of sp³-hybridized carbons (Fsp3) is 0.585. The Bertz CT molecular complexity index is 1920. The Balaban J connectivity index is 0.943. The lowest BCUT2D eigenvalue weighted by Gasteiger charge is -2.44. The summed E-state index contributed by atoms with van der Waals surface area (Å²) in [5.74, 6) is -1.02. The number of piperazine rings is 1. The Labute approximate surface area is 336 Å². The number of hydrogen-bond donors (Lipinski definition) is 1. The molecule has 12 nitrogen and oxygen atoms in total. The number of piperidine rings is 1. The van der Waals surface area contributed by atoms with Crippen LogP contribution >= 0.6 is 12.2 Å². The number of thiocarbonyl (C=S) groups is 1. The normalized spacial score (nSPS) is 26.1. The summed E-state index contributed by atoms with van der Waals surface area (Å²) in [6, 6.07) is 10.3. The van der Waals surface area contributed by atoms with Crippen molar-refractivity contribution in [3.05, 3.63) is 58.9 Å².